The smallest absolute Gasteiger partial charge is 0.131 e. The molecule has 0 saturated carbocycles. The van der Waals surface area contributed by atoms with E-state index in [1.165, 1.54) is 12.1 Å². The third-order valence-corrected chi connectivity index (χ3v) is 6.03. The molecule has 36 heavy (non-hydrogen) atoms. The predicted molar refractivity (Wildman–Crippen MR) is 138 cm³/mol. The van der Waals surface area contributed by atoms with Gasteiger partial charge < -0.3 is 14.7 Å². The molecule has 3 aromatic heterocycles. The summed E-state index contributed by atoms with van der Waals surface area (Å²) in [4.78, 5) is 16.0. The molecule has 1 unspecified atom stereocenters. The van der Waals surface area contributed by atoms with E-state index >= 15 is 0 Å². The normalized spacial score (nSPS) is 13.7. The van der Waals surface area contributed by atoms with Crippen LogP contribution in [0.4, 0.5) is 8.78 Å². The van der Waals surface area contributed by atoms with Gasteiger partial charge in [0.15, 0.2) is 0 Å². The molecule has 4 aromatic rings. The first-order valence-electron chi connectivity index (χ1n) is 12.0. The minimum atomic E-state index is -0.666. The second kappa shape index (κ2) is 9.02. The molecule has 5 nitrogen and oxygen atoms in total. The lowest BCUT2D eigenvalue weighted by Crippen LogP contribution is -2.02. The van der Waals surface area contributed by atoms with Crippen LogP contribution in [0.5, 0.6) is 0 Å². The summed E-state index contributed by atoms with van der Waals surface area (Å²) < 4.78 is 42.3. The molecule has 6 rings (SSSR count). The van der Waals surface area contributed by atoms with Gasteiger partial charge >= 0.3 is 0 Å². The molecule has 2 aliphatic heterocycles. The summed E-state index contributed by atoms with van der Waals surface area (Å²) in [5, 5.41) is 0. The van der Waals surface area contributed by atoms with Crippen LogP contribution in [-0.2, 0) is 11.3 Å². The van der Waals surface area contributed by atoms with Crippen molar-refractivity contribution in [3.05, 3.63) is 106 Å². The molecule has 8 bridgehead atoms. The fourth-order valence-electron chi connectivity index (χ4n) is 4.22. The highest BCUT2D eigenvalue weighted by atomic mass is 19.1. The van der Waals surface area contributed by atoms with Gasteiger partial charge in [0.25, 0.3) is 0 Å². The van der Waals surface area contributed by atoms with Crippen LogP contribution in [0.25, 0.3) is 46.4 Å². The lowest BCUT2D eigenvalue weighted by atomic mass is 10.1. The highest BCUT2D eigenvalue weighted by Crippen LogP contribution is 2.27. The molecule has 7 heteroatoms. The van der Waals surface area contributed by atoms with Gasteiger partial charge in [-0.2, -0.15) is 0 Å². The highest BCUT2D eigenvalue weighted by molar-refractivity contribution is 5.78. The van der Waals surface area contributed by atoms with Gasteiger partial charge in [0.1, 0.15) is 11.6 Å². The molecule has 1 aromatic carbocycles. The zero-order chi connectivity index (χ0) is 25.5. The summed E-state index contributed by atoms with van der Waals surface area (Å²) in [6, 6.07) is 15.2. The second-order valence-corrected chi connectivity index (χ2v) is 8.72. The van der Waals surface area contributed by atoms with Crippen molar-refractivity contribution in [3.63, 3.8) is 0 Å². The first-order chi connectivity index (χ1) is 17.9. The van der Waals surface area contributed by atoms with Crippen LogP contribution in [0, 0.1) is 11.6 Å². The fourth-order valence-corrected chi connectivity index (χ4v) is 4.22. The first-order valence-corrected chi connectivity index (χ1v) is 11.5. The number of aromatic nitrogens is 4. The lowest BCUT2D eigenvalue weighted by molar-refractivity contribution is 0.0518. The largest absolute Gasteiger partial charge is 0.369 e. The Morgan fingerprint density at radius 3 is 2.19 bits per heavy atom. The van der Waals surface area contributed by atoms with E-state index in [9.17, 15) is 8.78 Å². The lowest BCUT2D eigenvalue weighted by Gasteiger charge is -2.13. The number of nitrogens with zero attached hydrogens (tertiary/aromatic N) is 2. The minimum absolute atomic E-state index is 0.0611. The maximum atomic E-state index is 14.1. The Morgan fingerprint density at radius 1 is 0.806 bits per heavy atom. The predicted octanol–water partition coefficient (Wildman–Crippen LogP) is 7.21. The second-order valence-electron chi connectivity index (χ2n) is 8.72. The molecule has 0 radical (unpaired) electrons. The Bertz CT molecular complexity index is 1750. The van der Waals surface area contributed by atoms with Crippen molar-refractivity contribution in [2.45, 2.75) is 19.6 Å². The average molecular weight is 482 g/mol. The maximum Gasteiger partial charge on any atom is 0.131 e. The van der Waals surface area contributed by atoms with Crippen LogP contribution >= 0.6 is 0 Å². The number of rotatable bonds is 4. The Labute approximate surface area is 207 Å². The zero-order valence-electron chi connectivity index (χ0n) is 20.3. The van der Waals surface area contributed by atoms with Gasteiger partial charge in [-0.3, -0.25) is 0 Å². The summed E-state index contributed by atoms with van der Waals surface area (Å²) in [6.45, 7) is 1.75. The van der Waals surface area contributed by atoms with Gasteiger partial charge in [-0.1, -0.05) is 6.07 Å². The number of ether oxygens (including phenoxy) is 1. The van der Waals surface area contributed by atoms with Crippen molar-refractivity contribution in [1.82, 2.24) is 19.9 Å². The van der Waals surface area contributed by atoms with Crippen LogP contribution in [-0.4, -0.2) is 19.9 Å². The molecule has 0 spiro atoms. The van der Waals surface area contributed by atoms with E-state index in [1.807, 2.05) is 67.6 Å². The summed E-state index contributed by atoms with van der Waals surface area (Å²) in [7, 11) is 0. The topological polar surface area (TPSA) is 66.6 Å². The van der Waals surface area contributed by atoms with E-state index in [0.717, 1.165) is 34.2 Å². The fraction of sp³-hybridized carbons (Fsp3) is 0.103. The van der Waals surface area contributed by atoms with Crippen LogP contribution in [0.2, 0.25) is 0 Å². The first kappa shape index (κ1) is 21.0. The van der Waals surface area contributed by atoms with Crippen molar-refractivity contribution in [2.75, 3.05) is 0 Å². The molecular weight excluding hydrogens is 458 g/mol. The van der Waals surface area contributed by atoms with E-state index in [4.69, 9.17) is 6.11 Å². The molecule has 5 heterocycles. The van der Waals surface area contributed by atoms with Gasteiger partial charge in [0.05, 0.1) is 36.9 Å². The van der Waals surface area contributed by atoms with Crippen molar-refractivity contribution in [2.24, 2.45) is 0 Å². The maximum absolute atomic E-state index is 14.1. The molecule has 0 saturated heterocycles. The van der Waals surface area contributed by atoms with E-state index < -0.39 is 17.7 Å². The monoisotopic (exact) mass is 481 g/mol. The van der Waals surface area contributed by atoms with E-state index in [2.05, 4.69) is 19.9 Å². The van der Waals surface area contributed by atoms with Crippen molar-refractivity contribution in [1.29, 1.82) is 0 Å². The van der Waals surface area contributed by atoms with Crippen molar-refractivity contribution in [3.8, 4) is 0 Å². The summed E-state index contributed by atoms with van der Waals surface area (Å²) in [5.74, 6) is -1.31. The Kier molecular flexibility index (Phi) is 5.25. The SMILES string of the molecule is [2H]c1c(C(C)OCc2ccc(F)cc2F)c2cc3nc(cc4nc(cc5ccc(cc1[nH]2)[nH]5)C=C4)C=C3. The number of aromatic amines is 2. The van der Waals surface area contributed by atoms with Gasteiger partial charge in [0.2, 0.25) is 0 Å². The van der Waals surface area contributed by atoms with Crippen LogP contribution in [0.15, 0.2) is 60.6 Å². The summed E-state index contributed by atoms with van der Waals surface area (Å²) in [5.41, 5.74) is 6.97. The van der Waals surface area contributed by atoms with Crippen molar-refractivity contribution >= 4 is 46.4 Å². The third kappa shape index (κ3) is 4.61. The van der Waals surface area contributed by atoms with Crippen molar-refractivity contribution < 1.29 is 14.9 Å². The number of H-pyrrole nitrogens is 2. The Morgan fingerprint density at radius 2 is 1.47 bits per heavy atom. The summed E-state index contributed by atoms with van der Waals surface area (Å²) >= 11 is 0. The van der Waals surface area contributed by atoms with Crippen LogP contribution < -0.4 is 0 Å². The molecule has 1 atom stereocenters. The Hall–Kier alpha value is -4.36. The molecule has 2 aliphatic rings. The number of halogens is 2. The molecular formula is C29H22F2N4O. The number of hydrogen-bond donors (Lipinski definition) is 2. The zero-order valence-corrected chi connectivity index (χ0v) is 19.3. The van der Waals surface area contributed by atoms with E-state index in [0.29, 0.717) is 22.3 Å². The van der Waals surface area contributed by atoms with Gasteiger partial charge in [-0.05, 0) is 79.7 Å². The van der Waals surface area contributed by atoms with E-state index in [-0.39, 0.29) is 18.2 Å². The van der Waals surface area contributed by atoms with Crippen LogP contribution in [0.3, 0.4) is 0 Å². The number of benzene rings is 1. The average Bonchev–Trinajstić information content (AvgIpc) is 3.64. The summed E-state index contributed by atoms with van der Waals surface area (Å²) in [6.07, 6.45) is 7.15. The number of hydrogen-bond acceptors (Lipinski definition) is 3. The number of nitrogens with one attached hydrogen (secondary N) is 2. The molecule has 178 valence electrons. The number of fused-ring (bicyclic) bond motifs is 8. The van der Waals surface area contributed by atoms with E-state index in [1.54, 1.807) is 0 Å². The van der Waals surface area contributed by atoms with Gasteiger partial charge in [-0.25, -0.2) is 18.7 Å². The highest BCUT2D eigenvalue weighted by Gasteiger charge is 2.13. The molecule has 0 amide bonds. The third-order valence-electron chi connectivity index (χ3n) is 6.03. The quantitative estimate of drug-likeness (QED) is 0.280. The molecule has 2 N–H and O–H groups in total. The van der Waals surface area contributed by atoms with Gasteiger partial charge in [0, 0.05) is 39.3 Å². The molecule has 0 fully saturated rings. The standard InChI is InChI=1S/C29H22F2N4O/c1-17(36-16-18-2-3-19(30)10-28(18)31)27-14-26-13-24-7-6-22(33-24)11-20-4-5-21(32-20)12-23-8-9-25(34-23)15-29(27)35-26/h2-15,17,33,35H,16H2,1H3/i14D. The minimum Gasteiger partial charge on any atom is -0.369 e. The van der Waals surface area contributed by atoms with Crippen LogP contribution in [0.1, 0.15) is 48.3 Å². The Balaban J connectivity index is 1.49. The molecule has 0 aliphatic carbocycles. The van der Waals surface area contributed by atoms with Gasteiger partial charge in [-0.15, -0.1) is 0 Å².